The number of hydrogen-bond acceptors (Lipinski definition) is 3. The van der Waals surface area contributed by atoms with Crippen LogP contribution in [0.4, 0.5) is 5.69 Å². The van der Waals surface area contributed by atoms with Crippen LogP contribution in [0.5, 0.6) is 0 Å². The van der Waals surface area contributed by atoms with Crippen LogP contribution in [0.15, 0.2) is 33.9 Å². The molecule has 1 aliphatic rings. The van der Waals surface area contributed by atoms with Crippen molar-refractivity contribution in [1.82, 2.24) is 0 Å². The first kappa shape index (κ1) is 12.9. The van der Waals surface area contributed by atoms with Gasteiger partial charge in [-0.3, -0.25) is 4.79 Å². The van der Waals surface area contributed by atoms with E-state index in [1.54, 1.807) is 12.1 Å². The number of oxime groups is 1. The Morgan fingerprint density at radius 3 is 2.72 bits per heavy atom. The van der Waals surface area contributed by atoms with Crippen molar-refractivity contribution in [3.05, 3.63) is 28.7 Å². The van der Waals surface area contributed by atoms with Gasteiger partial charge in [0.1, 0.15) is 5.41 Å². The van der Waals surface area contributed by atoms with Gasteiger partial charge in [0.2, 0.25) is 5.91 Å². The average molecular weight is 312 g/mol. The van der Waals surface area contributed by atoms with Gasteiger partial charge in [-0.05, 0) is 31.0 Å². The van der Waals surface area contributed by atoms with Gasteiger partial charge in [0.15, 0.2) is 5.84 Å². The van der Waals surface area contributed by atoms with E-state index in [-0.39, 0.29) is 11.7 Å². The molecule has 0 aliphatic heterocycles. The smallest absolute Gasteiger partial charge is 0.238 e. The minimum absolute atomic E-state index is 0.0127. The summed E-state index contributed by atoms with van der Waals surface area (Å²) in [5.41, 5.74) is 5.46. The van der Waals surface area contributed by atoms with Crippen LogP contribution < -0.4 is 11.1 Å². The largest absolute Gasteiger partial charge is 0.409 e. The highest BCUT2D eigenvalue weighted by molar-refractivity contribution is 9.10. The number of amidine groups is 1. The summed E-state index contributed by atoms with van der Waals surface area (Å²) >= 11 is 3.34. The van der Waals surface area contributed by atoms with Crippen LogP contribution in [0.25, 0.3) is 0 Å². The summed E-state index contributed by atoms with van der Waals surface area (Å²) in [6, 6.07) is 7.30. The summed E-state index contributed by atoms with van der Waals surface area (Å²) in [5.74, 6) is -0.233. The SMILES string of the molecule is N/C(=N/O)C1(C(=O)Nc2cccc(Br)c2)CCC1. The number of anilines is 1. The van der Waals surface area contributed by atoms with Crippen molar-refractivity contribution >= 4 is 33.4 Å². The summed E-state index contributed by atoms with van der Waals surface area (Å²) in [4.78, 5) is 12.2. The van der Waals surface area contributed by atoms with E-state index in [4.69, 9.17) is 10.9 Å². The van der Waals surface area contributed by atoms with Gasteiger partial charge in [0.05, 0.1) is 0 Å². The standard InChI is InChI=1S/C12H14BrN3O2/c13-8-3-1-4-9(7-8)15-11(17)12(5-2-6-12)10(14)16-18/h1,3-4,7,18H,2,5-6H2,(H2,14,16)(H,15,17). The Morgan fingerprint density at radius 1 is 1.50 bits per heavy atom. The zero-order valence-electron chi connectivity index (χ0n) is 9.69. The summed E-state index contributed by atoms with van der Waals surface area (Å²) in [7, 11) is 0. The molecule has 0 spiro atoms. The molecule has 1 fully saturated rings. The maximum atomic E-state index is 12.2. The highest BCUT2D eigenvalue weighted by Crippen LogP contribution is 2.42. The van der Waals surface area contributed by atoms with Crippen molar-refractivity contribution in [2.75, 3.05) is 5.32 Å². The number of carbonyl (C=O) groups excluding carboxylic acids is 1. The zero-order valence-corrected chi connectivity index (χ0v) is 11.3. The lowest BCUT2D eigenvalue weighted by Gasteiger charge is -2.38. The first-order valence-corrected chi connectivity index (χ1v) is 6.43. The number of benzene rings is 1. The number of hydrogen-bond donors (Lipinski definition) is 3. The second-order valence-electron chi connectivity index (χ2n) is 4.39. The van der Waals surface area contributed by atoms with Crippen molar-refractivity contribution < 1.29 is 10.0 Å². The van der Waals surface area contributed by atoms with E-state index in [0.717, 1.165) is 10.9 Å². The second-order valence-corrected chi connectivity index (χ2v) is 5.30. The Kier molecular flexibility index (Phi) is 3.56. The third-order valence-corrected chi connectivity index (χ3v) is 3.82. The third kappa shape index (κ3) is 2.20. The number of halogens is 1. The molecule has 96 valence electrons. The van der Waals surface area contributed by atoms with E-state index in [1.165, 1.54) is 0 Å². The van der Waals surface area contributed by atoms with Crippen molar-refractivity contribution in [1.29, 1.82) is 0 Å². The molecule has 2 rings (SSSR count). The number of nitrogens with zero attached hydrogens (tertiary/aromatic N) is 1. The fraction of sp³-hybridized carbons (Fsp3) is 0.333. The second kappa shape index (κ2) is 4.97. The number of nitrogens with one attached hydrogen (secondary N) is 1. The first-order chi connectivity index (χ1) is 8.58. The van der Waals surface area contributed by atoms with Crippen LogP contribution in [0.1, 0.15) is 19.3 Å². The van der Waals surface area contributed by atoms with E-state index in [2.05, 4.69) is 26.4 Å². The molecule has 0 saturated heterocycles. The fourth-order valence-corrected chi connectivity index (χ4v) is 2.44. The maximum absolute atomic E-state index is 12.2. The molecule has 0 atom stereocenters. The molecular weight excluding hydrogens is 298 g/mol. The van der Waals surface area contributed by atoms with Crippen LogP contribution in [0, 0.1) is 5.41 Å². The molecular formula is C12H14BrN3O2. The predicted octanol–water partition coefficient (Wildman–Crippen LogP) is 2.30. The Bertz CT molecular complexity index is 498. The Hall–Kier alpha value is -1.56. The molecule has 0 heterocycles. The third-order valence-electron chi connectivity index (χ3n) is 3.32. The van der Waals surface area contributed by atoms with E-state index in [9.17, 15) is 4.79 Å². The molecule has 4 N–H and O–H groups in total. The molecule has 1 saturated carbocycles. The normalized spacial score (nSPS) is 17.9. The lowest BCUT2D eigenvalue weighted by molar-refractivity contribution is -0.125. The molecule has 5 nitrogen and oxygen atoms in total. The number of nitrogens with two attached hydrogens (primary N) is 1. The van der Waals surface area contributed by atoms with Gasteiger partial charge in [0, 0.05) is 10.2 Å². The van der Waals surface area contributed by atoms with E-state index in [0.29, 0.717) is 18.5 Å². The molecule has 0 bridgehead atoms. The van der Waals surface area contributed by atoms with Crippen LogP contribution in [0.3, 0.4) is 0 Å². The van der Waals surface area contributed by atoms with Gasteiger partial charge in [-0.15, -0.1) is 0 Å². The summed E-state index contributed by atoms with van der Waals surface area (Å²) in [6.07, 6.45) is 2.13. The maximum Gasteiger partial charge on any atom is 0.238 e. The highest BCUT2D eigenvalue weighted by Gasteiger charge is 2.48. The molecule has 18 heavy (non-hydrogen) atoms. The number of carbonyl (C=O) groups is 1. The molecule has 1 amide bonds. The van der Waals surface area contributed by atoms with Gasteiger partial charge >= 0.3 is 0 Å². The molecule has 0 radical (unpaired) electrons. The van der Waals surface area contributed by atoms with Gasteiger partial charge in [-0.25, -0.2) is 0 Å². The quantitative estimate of drug-likeness (QED) is 0.346. The van der Waals surface area contributed by atoms with Crippen LogP contribution in [-0.2, 0) is 4.79 Å². The number of rotatable bonds is 3. The topological polar surface area (TPSA) is 87.7 Å². The first-order valence-electron chi connectivity index (χ1n) is 5.63. The lowest BCUT2D eigenvalue weighted by atomic mass is 9.67. The highest BCUT2D eigenvalue weighted by atomic mass is 79.9. The molecule has 6 heteroatoms. The lowest BCUT2D eigenvalue weighted by Crippen LogP contribution is -2.51. The molecule has 1 aromatic rings. The average Bonchev–Trinajstić information content (AvgIpc) is 2.27. The van der Waals surface area contributed by atoms with Gasteiger partial charge in [-0.1, -0.05) is 33.6 Å². The summed E-state index contributed by atoms with van der Waals surface area (Å²) in [6.45, 7) is 0. The van der Waals surface area contributed by atoms with Crippen molar-refractivity contribution in [2.45, 2.75) is 19.3 Å². The van der Waals surface area contributed by atoms with Gasteiger partial charge < -0.3 is 16.3 Å². The Morgan fingerprint density at radius 2 is 2.22 bits per heavy atom. The zero-order chi connectivity index (χ0) is 13.2. The predicted molar refractivity (Wildman–Crippen MR) is 72.5 cm³/mol. The van der Waals surface area contributed by atoms with Crippen molar-refractivity contribution in [2.24, 2.45) is 16.3 Å². The van der Waals surface area contributed by atoms with Crippen LogP contribution in [-0.4, -0.2) is 17.0 Å². The van der Waals surface area contributed by atoms with E-state index in [1.807, 2.05) is 12.1 Å². The van der Waals surface area contributed by atoms with Crippen molar-refractivity contribution in [3.63, 3.8) is 0 Å². The van der Waals surface area contributed by atoms with E-state index >= 15 is 0 Å². The van der Waals surface area contributed by atoms with Gasteiger partial charge in [0.25, 0.3) is 0 Å². The molecule has 0 aromatic heterocycles. The monoisotopic (exact) mass is 311 g/mol. The number of amides is 1. The minimum Gasteiger partial charge on any atom is -0.409 e. The Labute approximate surface area is 113 Å². The van der Waals surface area contributed by atoms with Crippen molar-refractivity contribution in [3.8, 4) is 0 Å². The molecule has 1 aromatic carbocycles. The summed E-state index contributed by atoms with van der Waals surface area (Å²) in [5, 5.41) is 14.6. The summed E-state index contributed by atoms with van der Waals surface area (Å²) < 4.78 is 0.881. The minimum atomic E-state index is -0.850. The van der Waals surface area contributed by atoms with Crippen LogP contribution >= 0.6 is 15.9 Å². The fourth-order valence-electron chi connectivity index (χ4n) is 2.04. The van der Waals surface area contributed by atoms with Gasteiger partial charge in [-0.2, -0.15) is 0 Å². The molecule has 1 aliphatic carbocycles. The van der Waals surface area contributed by atoms with Crippen LogP contribution in [0.2, 0.25) is 0 Å². The molecule has 0 unspecified atom stereocenters. The van der Waals surface area contributed by atoms with E-state index < -0.39 is 5.41 Å². The Balaban J connectivity index is 2.17.